The Bertz CT molecular complexity index is 284. The van der Waals surface area contributed by atoms with Crippen LogP contribution in [-0.4, -0.2) is 15.0 Å². The van der Waals surface area contributed by atoms with Gasteiger partial charge in [-0.3, -0.25) is 4.18 Å². The summed E-state index contributed by atoms with van der Waals surface area (Å²) in [4.78, 5) is 0. The van der Waals surface area contributed by atoms with Gasteiger partial charge in [-0.2, -0.15) is 0 Å². The van der Waals surface area contributed by atoms with E-state index < -0.39 is 11.0 Å². The first-order chi connectivity index (χ1) is 5.79. The van der Waals surface area contributed by atoms with Gasteiger partial charge in [0.2, 0.25) is 0 Å². The summed E-state index contributed by atoms with van der Waals surface area (Å²) in [5.74, 6) is 0. The van der Waals surface area contributed by atoms with Crippen molar-refractivity contribution in [2.75, 3.05) is 6.61 Å². The van der Waals surface area contributed by atoms with Crippen molar-refractivity contribution in [1.82, 2.24) is 0 Å². The van der Waals surface area contributed by atoms with Crippen molar-refractivity contribution in [2.45, 2.75) is 6.42 Å². The predicted octanol–water partition coefficient (Wildman–Crippen LogP) is 0.572. The van der Waals surface area contributed by atoms with Crippen molar-refractivity contribution in [2.24, 2.45) is 0 Å². The average molecular weight is 185 g/mol. The zero-order valence-electron chi connectivity index (χ0n) is 6.40. The minimum atomic E-state index is -2.70. The molecule has 0 aliphatic carbocycles. The average Bonchev–Trinajstić information content (AvgIpc) is 2.05. The van der Waals surface area contributed by atoms with Crippen molar-refractivity contribution in [3.8, 4) is 0 Å². The number of hydrogen-bond donors (Lipinski definition) is 1. The molecule has 0 atom stereocenters. The van der Waals surface area contributed by atoms with Crippen LogP contribution < -0.4 is 0 Å². The molecule has 0 unspecified atom stereocenters. The summed E-state index contributed by atoms with van der Waals surface area (Å²) in [6.45, 7) is 0.211. The molecular weight excluding hydrogens is 176 g/mol. The van der Waals surface area contributed by atoms with Gasteiger partial charge in [0.15, 0.2) is 0 Å². The second-order valence-corrected chi connectivity index (χ2v) is 2.92. The van der Waals surface area contributed by atoms with E-state index in [9.17, 15) is 8.42 Å². The summed E-state index contributed by atoms with van der Waals surface area (Å²) >= 11 is 0. The van der Waals surface area contributed by atoms with Gasteiger partial charge in [0.1, 0.15) is 0 Å². The maximum atomic E-state index is 10.00. The molecule has 0 saturated carbocycles. The van der Waals surface area contributed by atoms with Crippen molar-refractivity contribution >= 4 is 11.0 Å². The van der Waals surface area contributed by atoms with E-state index in [2.05, 4.69) is 10.2 Å². The number of hydrogen-bond acceptors (Lipinski definition) is 3. The molecular formula is C8H9O3S. The Morgan fingerprint density at radius 2 is 2.00 bits per heavy atom. The van der Waals surface area contributed by atoms with Gasteiger partial charge in [-0.05, 0) is 18.1 Å². The maximum Gasteiger partial charge on any atom is 0.257 e. The standard InChI is InChI=1S/C8H9O3S/c9-12(10)11-7-6-8-4-2-1-3-5-8/h2-5,12H,6-7H2. The van der Waals surface area contributed by atoms with Crippen molar-refractivity contribution in [3.63, 3.8) is 0 Å². The molecule has 0 aliphatic rings. The summed E-state index contributed by atoms with van der Waals surface area (Å²) in [5, 5.41) is 0. The molecule has 65 valence electrons. The molecule has 0 bridgehead atoms. The molecule has 0 saturated heterocycles. The molecule has 0 aromatic heterocycles. The fourth-order valence-electron chi connectivity index (χ4n) is 0.826. The molecule has 0 amide bonds. The largest absolute Gasteiger partial charge is 0.272 e. The molecule has 1 aromatic carbocycles. The second-order valence-electron chi connectivity index (χ2n) is 2.22. The summed E-state index contributed by atoms with van der Waals surface area (Å²) in [5.41, 5.74) is 1.05. The summed E-state index contributed by atoms with van der Waals surface area (Å²) in [6, 6.07) is 10.2. The van der Waals surface area contributed by atoms with Crippen LogP contribution in [-0.2, 0) is 21.6 Å². The third-order valence-electron chi connectivity index (χ3n) is 1.37. The third kappa shape index (κ3) is 3.50. The first-order valence-corrected chi connectivity index (χ1v) is 4.61. The monoisotopic (exact) mass is 185 g/mol. The summed E-state index contributed by atoms with van der Waals surface area (Å²) in [7, 11) is -2.70. The molecule has 0 N–H and O–H groups in total. The Morgan fingerprint density at radius 3 is 2.58 bits per heavy atom. The normalized spacial score (nSPS) is 10.4. The second kappa shape index (κ2) is 4.90. The molecule has 0 spiro atoms. The highest BCUT2D eigenvalue weighted by molar-refractivity contribution is 7.67. The van der Waals surface area contributed by atoms with Gasteiger partial charge < -0.3 is 0 Å². The highest BCUT2D eigenvalue weighted by Crippen LogP contribution is 1.98. The molecule has 3 nitrogen and oxygen atoms in total. The van der Waals surface area contributed by atoms with E-state index in [1.807, 2.05) is 12.1 Å². The van der Waals surface area contributed by atoms with Gasteiger partial charge in [-0.25, -0.2) is 8.42 Å². The fraction of sp³-hybridized carbons (Fsp3) is 0.250. The number of rotatable bonds is 4. The van der Waals surface area contributed by atoms with E-state index in [1.165, 1.54) is 0 Å². The van der Waals surface area contributed by atoms with Crippen molar-refractivity contribution in [1.29, 1.82) is 0 Å². The van der Waals surface area contributed by atoms with Crippen LogP contribution in [0, 0.1) is 6.07 Å². The van der Waals surface area contributed by atoms with Gasteiger partial charge >= 0.3 is 0 Å². The lowest BCUT2D eigenvalue weighted by atomic mass is 10.2. The first-order valence-electron chi connectivity index (χ1n) is 3.51. The predicted molar refractivity (Wildman–Crippen MR) is 45.2 cm³/mol. The lowest BCUT2D eigenvalue weighted by Gasteiger charge is -1.96. The minimum Gasteiger partial charge on any atom is -0.272 e. The molecule has 12 heavy (non-hydrogen) atoms. The van der Waals surface area contributed by atoms with Gasteiger partial charge in [-0.15, -0.1) is 0 Å². The number of benzene rings is 1. The quantitative estimate of drug-likeness (QED) is 0.697. The van der Waals surface area contributed by atoms with E-state index in [0.29, 0.717) is 6.42 Å². The molecule has 0 heterocycles. The molecule has 1 aromatic rings. The van der Waals surface area contributed by atoms with Crippen LogP contribution >= 0.6 is 0 Å². The van der Waals surface area contributed by atoms with Crippen LogP contribution in [0.1, 0.15) is 5.56 Å². The van der Waals surface area contributed by atoms with Crippen LogP contribution in [0.25, 0.3) is 0 Å². The summed E-state index contributed by atoms with van der Waals surface area (Å²) in [6.07, 6.45) is 0.609. The maximum absolute atomic E-state index is 10.00. The third-order valence-corrected chi connectivity index (χ3v) is 1.77. The lowest BCUT2D eigenvalue weighted by Crippen LogP contribution is -1.96. The zero-order chi connectivity index (χ0) is 8.81. The van der Waals surface area contributed by atoms with Crippen LogP contribution in [0.2, 0.25) is 0 Å². The topological polar surface area (TPSA) is 43.4 Å². The van der Waals surface area contributed by atoms with Gasteiger partial charge in [0.25, 0.3) is 11.0 Å². The fourth-order valence-corrected chi connectivity index (χ4v) is 1.07. The summed E-state index contributed by atoms with van der Waals surface area (Å²) < 4.78 is 24.4. The Kier molecular flexibility index (Phi) is 3.76. The Labute approximate surface area is 73.1 Å². The SMILES string of the molecule is O=[SH](=O)OCCc1cc[c]cc1. The highest BCUT2D eigenvalue weighted by Gasteiger charge is 1.91. The van der Waals surface area contributed by atoms with Gasteiger partial charge in [0.05, 0.1) is 6.61 Å². The molecule has 1 radical (unpaired) electrons. The van der Waals surface area contributed by atoms with E-state index >= 15 is 0 Å². The Hall–Kier alpha value is -0.870. The molecule has 1 rings (SSSR count). The highest BCUT2D eigenvalue weighted by atomic mass is 32.2. The Morgan fingerprint density at radius 1 is 1.33 bits per heavy atom. The van der Waals surface area contributed by atoms with E-state index in [-0.39, 0.29) is 6.61 Å². The molecule has 4 heteroatoms. The van der Waals surface area contributed by atoms with E-state index in [4.69, 9.17) is 0 Å². The number of thiol groups is 1. The van der Waals surface area contributed by atoms with E-state index in [1.54, 1.807) is 12.1 Å². The van der Waals surface area contributed by atoms with Gasteiger partial charge in [0, 0.05) is 0 Å². The van der Waals surface area contributed by atoms with Crippen LogP contribution in [0.4, 0.5) is 0 Å². The minimum absolute atomic E-state index is 0.211. The molecule has 0 aliphatic heterocycles. The lowest BCUT2D eigenvalue weighted by molar-refractivity contribution is 0.337. The first kappa shape index (κ1) is 9.22. The van der Waals surface area contributed by atoms with Gasteiger partial charge in [-0.1, -0.05) is 24.3 Å². The van der Waals surface area contributed by atoms with Crippen molar-refractivity contribution < 1.29 is 12.6 Å². The van der Waals surface area contributed by atoms with Crippen LogP contribution in [0.15, 0.2) is 24.3 Å². The Balaban J connectivity index is 2.34. The van der Waals surface area contributed by atoms with Crippen LogP contribution in [0.3, 0.4) is 0 Å². The zero-order valence-corrected chi connectivity index (χ0v) is 7.29. The van der Waals surface area contributed by atoms with Crippen LogP contribution in [0.5, 0.6) is 0 Å². The van der Waals surface area contributed by atoms with E-state index in [0.717, 1.165) is 5.56 Å². The van der Waals surface area contributed by atoms with Crippen molar-refractivity contribution in [3.05, 3.63) is 35.9 Å². The smallest absolute Gasteiger partial charge is 0.257 e. The molecule has 0 fully saturated rings.